The SMILES string of the molecule is CCOc1ccccc1NC(=O)[C@@H](NCc1nnc2ccccn12)c1ccccc1. The normalized spacial score (nSPS) is 11.9. The smallest absolute Gasteiger partial charge is 0.246 e. The molecule has 2 heterocycles. The predicted molar refractivity (Wildman–Crippen MR) is 115 cm³/mol. The molecule has 2 aromatic heterocycles. The number of hydrogen-bond donors (Lipinski definition) is 2. The van der Waals surface area contributed by atoms with Crippen LogP contribution in [0.4, 0.5) is 5.69 Å². The average molecular weight is 401 g/mol. The third-order valence-electron chi connectivity index (χ3n) is 4.69. The molecular weight excluding hydrogens is 378 g/mol. The molecule has 0 aliphatic carbocycles. The number of anilines is 1. The van der Waals surface area contributed by atoms with E-state index >= 15 is 0 Å². The Labute approximate surface area is 174 Å². The number of pyridine rings is 1. The highest BCUT2D eigenvalue weighted by molar-refractivity contribution is 5.96. The number of ether oxygens (including phenoxy) is 1. The van der Waals surface area contributed by atoms with Crippen LogP contribution >= 0.6 is 0 Å². The molecule has 1 amide bonds. The van der Waals surface area contributed by atoms with Crippen molar-refractivity contribution in [3.8, 4) is 5.75 Å². The van der Waals surface area contributed by atoms with Gasteiger partial charge in [-0.25, -0.2) is 0 Å². The zero-order valence-electron chi connectivity index (χ0n) is 16.7. The molecular formula is C23H23N5O2. The minimum atomic E-state index is -0.572. The lowest BCUT2D eigenvalue weighted by atomic mass is 10.1. The summed E-state index contributed by atoms with van der Waals surface area (Å²) in [6.07, 6.45) is 1.91. The number of amides is 1. The summed E-state index contributed by atoms with van der Waals surface area (Å²) >= 11 is 0. The zero-order chi connectivity index (χ0) is 20.8. The third-order valence-corrected chi connectivity index (χ3v) is 4.69. The summed E-state index contributed by atoms with van der Waals surface area (Å²) in [5, 5.41) is 14.7. The fraction of sp³-hybridized carbons (Fsp3) is 0.174. The molecule has 2 N–H and O–H groups in total. The van der Waals surface area contributed by atoms with Gasteiger partial charge in [-0.05, 0) is 36.8 Å². The minimum absolute atomic E-state index is 0.179. The topological polar surface area (TPSA) is 80.5 Å². The fourth-order valence-electron chi connectivity index (χ4n) is 3.27. The maximum atomic E-state index is 13.2. The van der Waals surface area contributed by atoms with Crippen LogP contribution in [0, 0.1) is 0 Å². The maximum absolute atomic E-state index is 13.2. The minimum Gasteiger partial charge on any atom is -0.492 e. The molecule has 0 aliphatic heterocycles. The average Bonchev–Trinajstić information content (AvgIpc) is 3.19. The number of benzene rings is 2. The Bertz CT molecular complexity index is 1130. The van der Waals surface area contributed by atoms with Crippen LogP contribution in [0.1, 0.15) is 24.4 Å². The second kappa shape index (κ2) is 9.19. The van der Waals surface area contributed by atoms with E-state index in [1.54, 1.807) is 0 Å². The summed E-state index contributed by atoms with van der Waals surface area (Å²) in [6.45, 7) is 2.81. The van der Waals surface area contributed by atoms with Gasteiger partial charge in [-0.15, -0.1) is 10.2 Å². The second-order valence-corrected chi connectivity index (χ2v) is 6.69. The van der Waals surface area contributed by atoms with E-state index in [0.717, 1.165) is 17.0 Å². The van der Waals surface area contributed by atoms with E-state index < -0.39 is 6.04 Å². The number of nitrogens with zero attached hydrogens (tertiary/aromatic N) is 3. The molecule has 30 heavy (non-hydrogen) atoms. The van der Waals surface area contributed by atoms with E-state index in [9.17, 15) is 4.79 Å². The highest BCUT2D eigenvalue weighted by atomic mass is 16.5. The van der Waals surface area contributed by atoms with Gasteiger partial charge in [0.1, 0.15) is 11.8 Å². The van der Waals surface area contributed by atoms with E-state index in [0.29, 0.717) is 24.6 Å². The first-order valence-corrected chi connectivity index (χ1v) is 9.86. The summed E-state index contributed by atoms with van der Waals surface area (Å²) < 4.78 is 7.53. The van der Waals surface area contributed by atoms with Crippen LogP contribution in [0.15, 0.2) is 79.0 Å². The van der Waals surface area contributed by atoms with Gasteiger partial charge in [0.25, 0.3) is 0 Å². The maximum Gasteiger partial charge on any atom is 0.246 e. The Morgan fingerprint density at radius 2 is 1.77 bits per heavy atom. The van der Waals surface area contributed by atoms with Gasteiger partial charge in [0.15, 0.2) is 11.5 Å². The Morgan fingerprint density at radius 1 is 1.00 bits per heavy atom. The van der Waals surface area contributed by atoms with Crippen LogP contribution in [0.25, 0.3) is 5.65 Å². The van der Waals surface area contributed by atoms with Gasteiger partial charge in [-0.3, -0.25) is 14.5 Å². The molecule has 0 saturated carbocycles. The van der Waals surface area contributed by atoms with Crippen LogP contribution in [0.3, 0.4) is 0 Å². The van der Waals surface area contributed by atoms with Crippen molar-refractivity contribution in [3.63, 3.8) is 0 Å². The molecule has 0 bridgehead atoms. The molecule has 0 spiro atoms. The monoisotopic (exact) mass is 401 g/mol. The highest BCUT2D eigenvalue weighted by Crippen LogP contribution is 2.25. The molecule has 7 nitrogen and oxygen atoms in total. The summed E-state index contributed by atoms with van der Waals surface area (Å²) in [5.74, 6) is 1.19. The highest BCUT2D eigenvalue weighted by Gasteiger charge is 2.22. The lowest BCUT2D eigenvalue weighted by molar-refractivity contribution is -0.118. The van der Waals surface area contributed by atoms with Gasteiger partial charge in [0.05, 0.1) is 18.8 Å². The standard InChI is InChI=1S/C23H23N5O2/c1-2-30-19-13-7-6-12-18(19)25-23(29)22(17-10-4-3-5-11-17)24-16-21-27-26-20-14-8-9-15-28(20)21/h3-15,22,24H,2,16H2,1H3,(H,25,29)/t22-/m0/s1. The van der Waals surface area contributed by atoms with Crippen molar-refractivity contribution in [1.82, 2.24) is 19.9 Å². The molecule has 0 radical (unpaired) electrons. The van der Waals surface area contributed by atoms with Crippen LogP contribution in [0.2, 0.25) is 0 Å². The van der Waals surface area contributed by atoms with Crippen molar-refractivity contribution >= 4 is 17.2 Å². The fourth-order valence-corrected chi connectivity index (χ4v) is 3.27. The number of rotatable bonds is 8. The predicted octanol–water partition coefficient (Wildman–Crippen LogP) is 3.60. The molecule has 0 saturated heterocycles. The molecule has 1 atom stereocenters. The van der Waals surface area contributed by atoms with E-state index in [4.69, 9.17) is 4.74 Å². The molecule has 0 fully saturated rings. The van der Waals surface area contributed by atoms with Crippen molar-refractivity contribution < 1.29 is 9.53 Å². The van der Waals surface area contributed by atoms with Gasteiger partial charge >= 0.3 is 0 Å². The molecule has 0 aliphatic rings. The molecule has 0 unspecified atom stereocenters. The van der Waals surface area contributed by atoms with E-state index in [-0.39, 0.29) is 5.91 Å². The van der Waals surface area contributed by atoms with Crippen LogP contribution in [0.5, 0.6) is 5.75 Å². The first-order chi connectivity index (χ1) is 14.8. The van der Waals surface area contributed by atoms with Crippen molar-refractivity contribution in [2.45, 2.75) is 19.5 Å². The number of para-hydroxylation sites is 2. The number of aromatic nitrogens is 3. The van der Waals surface area contributed by atoms with Crippen LogP contribution in [-0.2, 0) is 11.3 Å². The Kier molecular flexibility index (Phi) is 6.01. The largest absolute Gasteiger partial charge is 0.492 e. The van der Waals surface area contributed by atoms with Crippen LogP contribution in [-0.4, -0.2) is 27.1 Å². The van der Waals surface area contributed by atoms with E-state index in [2.05, 4.69) is 20.8 Å². The third kappa shape index (κ3) is 4.31. The van der Waals surface area contributed by atoms with Gasteiger partial charge in [-0.1, -0.05) is 48.5 Å². The van der Waals surface area contributed by atoms with Crippen molar-refractivity contribution in [2.75, 3.05) is 11.9 Å². The molecule has 7 heteroatoms. The molecule has 4 rings (SSSR count). The lowest BCUT2D eigenvalue weighted by Crippen LogP contribution is -2.33. The Morgan fingerprint density at radius 3 is 2.60 bits per heavy atom. The van der Waals surface area contributed by atoms with Gasteiger partial charge in [0.2, 0.25) is 5.91 Å². The number of carbonyl (C=O) groups is 1. The number of hydrogen-bond acceptors (Lipinski definition) is 5. The first-order valence-electron chi connectivity index (χ1n) is 9.86. The Hall–Kier alpha value is -3.71. The molecule has 152 valence electrons. The van der Waals surface area contributed by atoms with Crippen LogP contribution < -0.4 is 15.4 Å². The van der Waals surface area contributed by atoms with E-state index in [1.165, 1.54) is 0 Å². The number of carbonyl (C=O) groups excluding carboxylic acids is 1. The lowest BCUT2D eigenvalue weighted by Gasteiger charge is -2.19. The summed E-state index contributed by atoms with van der Waals surface area (Å²) in [5.41, 5.74) is 2.26. The van der Waals surface area contributed by atoms with Crippen molar-refractivity contribution in [1.29, 1.82) is 0 Å². The Balaban J connectivity index is 1.56. The summed E-state index contributed by atoms with van der Waals surface area (Å²) in [6, 6.07) is 22.2. The van der Waals surface area contributed by atoms with Crippen molar-refractivity contribution in [3.05, 3.63) is 90.4 Å². The second-order valence-electron chi connectivity index (χ2n) is 6.69. The van der Waals surface area contributed by atoms with Gasteiger partial charge < -0.3 is 10.1 Å². The van der Waals surface area contributed by atoms with Gasteiger partial charge in [-0.2, -0.15) is 0 Å². The molecule has 2 aromatic carbocycles. The molecule has 4 aromatic rings. The van der Waals surface area contributed by atoms with Gasteiger partial charge in [0, 0.05) is 6.20 Å². The first kappa shape index (κ1) is 19.6. The van der Waals surface area contributed by atoms with E-state index in [1.807, 2.05) is 90.3 Å². The zero-order valence-corrected chi connectivity index (χ0v) is 16.7. The van der Waals surface area contributed by atoms with Crippen molar-refractivity contribution in [2.24, 2.45) is 0 Å². The number of fused-ring (bicyclic) bond motifs is 1. The summed E-state index contributed by atoms with van der Waals surface area (Å²) in [7, 11) is 0. The number of nitrogens with one attached hydrogen (secondary N) is 2. The summed E-state index contributed by atoms with van der Waals surface area (Å²) in [4.78, 5) is 13.2. The quantitative estimate of drug-likeness (QED) is 0.472.